The van der Waals surface area contributed by atoms with Crippen molar-refractivity contribution in [1.29, 1.82) is 0 Å². The van der Waals surface area contributed by atoms with Crippen LogP contribution in [-0.4, -0.2) is 6.71 Å². The third-order valence-corrected chi connectivity index (χ3v) is 19.1. The molecular weight excluding hydrogens is 768 g/mol. The second-order valence-corrected chi connectivity index (χ2v) is 26.7. The van der Waals surface area contributed by atoms with E-state index in [1.807, 2.05) is 0 Å². The van der Waals surface area contributed by atoms with Crippen molar-refractivity contribution in [1.82, 2.24) is 0 Å². The fourth-order valence-electron chi connectivity index (χ4n) is 13.8. The van der Waals surface area contributed by atoms with Gasteiger partial charge in [0.05, 0.1) is 5.69 Å². The second kappa shape index (κ2) is 14.1. The summed E-state index contributed by atoms with van der Waals surface area (Å²) in [5.41, 5.74) is 20.7. The fraction of sp³-hybridized carbons (Fsp3) is 0.586. The van der Waals surface area contributed by atoms with Gasteiger partial charge < -0.3 is 9.80 Å². The van der Waals surface area contributed by atoms with Gasteiger partial charge in [-0.1, -0.05) is 140 Å². The molecule has 1 saturated carbocycles. The highest BCUT2D eigenvalue weighted by atomic mass is 32.1. The smallest absolute Gasteiger partial charge is 0.263 e. The van der Waals surface area contributed by atoms with Gasteiger partial charge in [0.1, 0.15) is 0 Å². The number of nitrogens with zero attached hydrogens (tertiary/aromatic N) is 2. The molecule has 0 spiro atoms. The minimum absolute atomic E-state index is 0.112. The fourth-order valence-corrected chi connectivity index (χ4v) is 15.4. The zero-order valence-electron chi connectivity index (χ0n) is 41.3. The summed E-state index contributed by atoms with van der Waals surface area (Å²) in [6.45, 7) is 37.5. The summed E-state index contributed by atoms with van der Waals surface area (Å²) in [6.07, 6.45) is 16.4. The molecule has 1 fully saturated rings. The molecule has 7 aliphatic rings. The van der Waals surface area contributed by atoms with Crippen LogP contribution in [0, 0.1) is 34.5 Å². The van der Waals surface area contributed by atoms with Crippen LogP contribution >= 0.6 is 11.3 Å². The van der Waals surface area contributed by atoms with E-state index in [0.29, 0.717) is 17.3 Å². The summed E-state index contributed by atoms with van der Waals surface area (Å²) in [6, 6.07) is 17.5. The molecule has 4 heteroatoms. The van der Waals surface area contributed by atoms with Gasteiger partial charge in [-0.05, 0) is 172 Å². The predicted molar refractivity (Wildman–Crippen MR) is 270 cm³/mol. The molecule has 62 heavy (non-hydrogen) atoms. The number of hydrogen-bond acceptors (Lipinski definition) is 3. The van der Waals surface area contributed by atoms with Crippen LogP contribution in [0.4, 0.5) is 17.1 Å². The first-order valence-electron chi connectivity index (χ1n) is 24.9. The van der Waals surface area contributed by atoms with E-state index in [1.54, 1.807) is 59.9 Å². The highest BCUT2D eigenvalue weighted by Crippen LogP contribution is 2.60. The first kappa shape index (κ1) is 42.7. The SMILES string of the molecule is CC1C=C2C3=C(C1)N(c1ccc(C(C)(C)C)cc1)C1=C(C=C(C(C)(C)C)CC1)B3c1sc3c(c1N2c1ccc2c(c1)C(C)(C)CCC2(C)C)C(C)CC1C(C)CCC(C)(C)C1C3. The molecule has 0 amide bonds. The van der Waals surface area contributed by atoms with Gasteiger partial charge in [0.2, 0.25) is 0 Å². The van der Waals surface area contributed by atoms with Crippen LogP contribution in [0.15, 0.2) is 88.2 Å². The number of benzene rings is 2. The van der Waals surface area contributed by atoms with Crippen molar-refractivity contribution < 1.29 is 0 Å². The lowest BCUT2D eigenvalue weighted by Crippen LogP contribution is -2.51. The van der Waals surface area contributed by atoms with Crippen LogP contribution in [-0.2, 0) is 22.7 Å². The Hall–Kier alpha value is -3.24. The van der Waals surface area contributed by atoms with Gasteiger partial charge in [0, 0.05) is 38.1 Å². The van der Waals surface area contributed by atoms with Crippen molar-refractivity contribution >= 4 is 39.9 Å². The molecule has 328 valence electrons. The van der Waals surface area contributed by atoms with Gasteiger partial charge >= 0.3 is 0 Å². The van der Waals surface area contributed by atoms with Gasteiger partial charge in [-0.2, -0.15) is 11.3 Å². The third-order valence-electron chi connectivity index (χ3n) is 17.8. The Kier molecular flexibility index (Phi) is 9.73. The summed E-state index contributed by atoms with van der Waals surface area (Å²) in [4.78, 5) is 7.36. The van der Waals surface area contributed by atoms with Gasteiger partial charge in [-0.15, -0.1) is 0 Å². The van der Waals surface area contributed by atoms with Gasteiger partial charge in [-0.25, -0.2) is 0 Å². The lowest BCUT2D eigenvalue weighted by molar-refractivity contribution is 0.0309. The lowest BCUT2D eigenvalue weighted by Gasteiger charge is -2.50. The second-order valence-electron chi connectivity index (χ2n) is 25.6. The molecule has 2 aliphatic heterocycles. The maximum atomic E-state index is 2.87. The molecule has 2 nitrogen and oxygen atoms in total. The molecule has 2 aromatic carbocycles. The van der Waals surface area contributed by atoms with Crippen LogP contribution in [0.5, 0.6) is 0 Å². The Balaban J connectivity index is 1.27. The van der Waals surface area contributed by atoms with E-state index >= 15 is 0 Å². The maximum absolute atomic E-state index is 2.87. The van der Waals surface area contributed by atoms with Crippen LogP contribution in [0.25, 0.3) is 0 Å². The molecule has 3 heterocycles. The average molecular weight is 845 g/mol. The molecule has 5 unspecified atom stereocenters. The Morgan fingerprint density at radius 3 is 2.08 bits per heavy atom. The Bertz CT molecular complexity index is 2470. The van der Waals surface area contributed by atoms with Crippen molar-refractivity contribution in [2.24, 2.45) is 34.5 Å². The number of fused-ring (bicyclic) bond motifs is 7. The molecular formula is C58H77BN2S. The first-order valence-corrected chi connectivity index (χ1v) is 25.7. The van der Waals surface area contributed by atoms with E-state index in [0.717, 1.165) is 37.0 Å². The van der Waals surface area contributed by atoms with E-state index in [-0.39, 0.29) is 28.4 Å². The molecule has 0 radical (unpaired) electrons. The standard InChI is InChI=1S/C58H77BN2S/c1-34-28-47-51-48(29-34)61(40-21-22-42-44(32-40)58(14,15)27-26-57(42,12)13)52-50-36(3)30-41-35(2)24-25-56(10,11)43(41)33-49(50)62-53(52)59(51)45-31-38(55(7,8)9)18-23-46(45)60(47)39-19-16-37(17-20-39)54(4,5)6/h16-17,19-22,29,31-32,34-36,41,43H,18,23-28,30,33H2,1-15H3. The summed E-state index contributed by atoms with van der Waals surface area (Å²) >= 11 is 2.25. The van der Waals surface area contributed by atoms with Crippen molar-refractivity contribution in [3.63, 3.8) is 0 Å². The van der Waals surface area contributed by atoms with Crippen molar-refractivity contribution in [3.8, 4) is 0 Å². The Morgan fingerprint density at radius 2 is 1.40 bits per heavy atom. The molecule has 5 aliphatic carbocycles. The lowest BCUT2D eigenvalue weighted by atomic mass is 9.33. The van der Waals surface area contributed by atoms with E-state index in [1.165, 1.54) is 61.2 Å². The summed E-state index contributed by atoms with van der Waals surface area (Å²) in [7, 11) is 0. The van der Waals surface area contributed by atoms with E-state index < -0.39 is 0 Å². The molecule has 0 saturated heterocycles. The van der Waals surface area contributed by atoms with Gasteiger partial charge in [0.25, 0.3) is 6.71 Å². The highest BCUT2D eigenvalue weighted by Gasteiger charge is 2.53. The van der Waals surface area contributed by atoms with E-state index in [2.05, 4.69) is 180 Å². The highest BCUT2D eigenvalue weighted by molar-refractivity contribution is 7.27. The summed E-state index contributed by atoms with van der Waals surface area (Å²) in [5, 5.41) is 0. The molecule has 10 rings (SSSR count). The van der Waals surface area contributed by atoms with Gasteiger partial charge in [-0.3, -0.25) is 0 Å². The largest absolute Gasteiger partial charge is 0.319 e. The van der Waals surface area contributed by atoms with Crippen molar-refractivity contribution in [2.75, 3.05) is 9.80 Å². The molecule has 0 N–H and O–H groups in total. The number of hydrogen-bond donors (Lipinski definition) is 0. The number of allylic oxidation sites excluding steroid dienone is 7. The minimum Gasteiger partial charge on any atom is -0.319 e. The van der Waals surface area contributed by atoms with E-state index in [9.17, 15) is 0 Å². The quantitative estimate of drug-likeness (QED) is 0.237. The predicted octanol–water partition coefficient (Wildman–Crippen LogP) is 15.8. The van der Waals surface area contributed by atoms with E-state index in [4.69, 9.17) is 0 Å². The number of rotatable bonds is 2. The Labute approximate surface area is 381 Å². The number of thiophene rings is 1. The monoisotopic (exact) mass is 845 g/mol. The zero-order chi connectivity index (χ0) is 44.2. The zero-order valence-corrected chi connectivity index (χ0v) is 42.1. The van der Waals surface area contributed by atoms with Crippen LogP contribution < -0.4 is 14.6 Å². The topological polar surface area (TPSA) is 6.48 Å². The summed E-state index contributed by atoms with van der Waals surface area (Å²) < 4.78 is 1.63. The minimum atomic E-state index is 0.112. The normalized spacial score (nSPS) is 28.5. The van der Waals surface area contributed by atoms with Crippen molar-refractivity contribution in [2.45, 2.75) is 184 Å². The molecule has 5 atom stereocenters. The summed E-state index contributed by atoms with van der Waals surface area (Å²) in [5.74, 6) is 3.23. The third kappa shape index (κ3) is 6.58. The molecule has 3 aromatic rings. The number of anilines is 3. The Morgan fingerprint density at radius 1 is 0.726 bits per heavy atom. The van der Waals surface area contributed by atoms with Crippen molar-refractivity contribution in [3.05, 3.63) is 115 Å². The first-order chi connectivity index (χ1) is 29.0. The molecule has 0 bridgehead atoms. The van der Waals surface area contributed by atoms with Crippen LogP contribution in [0.3, 0.4) is 0 Å². The van der Waals surface area contributed by atoms with Crippen LogP contribution in [0.2, 0.25) is 0 Å². The average Bonchev–Trinajstić information content (AvgIpc) is 3.49. The molecule has 1 aromatic heterocycles. The van der Waals surface area contributed by atoms with Gasteiger partial charge in [0.15, 0.2) is 0 Å². The van der Waals surface area contributed by atoms with Crippen LogP contribution in [0.1, 0.15) is 188 Å². The maximum Gasteiger partial charge on any atom is 0.263 e.